The fraction of sp³-hybridized carbons (Fsp3) is 0.500. The van der Waals surface area contributed by atoms with Gasteiger partial charge in [-0.1, -0.05) is 0 Å². The molecule has 1 fully saturated rings. The summed E-state index contributed by atoms with van der Waals surface area (Å²) in [7, 11) is 0. The zero-order valence-electron chi connectivity index (χ0n) is 9.56. The lowest BCUT2D eigenvalue weighted by atomic mass is 9.96. The number of ether oxygens (including phenoxy) is 1. The van der Waals surface area contributed by atoms with Crippen LogP contribution in [0.25, 0.3) is 5.65 Å². The molecular formula is C12H15N3O2. The van der Waals surface area contributed by atoms with Gasteiger partial charge in [-0.3, -0.25) is 14.3 Å². The highest BCUT2D eigenvalue weighted by Crippen LogP contribution is 2.19. The molecule has 0 spiro atoms. The Bertz CT molecular complexity index is 566. The van der Waals surface area contributed by atoms with Gasteiger partial charge in [0.05, 0.1) is 0 Å². The van der Waals surface area contributed by atoms with Crippen molar-refractivity contribution in [3.8, 4) is 0 Å². The number of H-pyrrole nitrogens is 1. The van der Waals surface area contributed by atoms with Gasteiger partial charge in [0.2, 0.25) is 0 Å². The lowest BCUT2D eigenvalue weighted by Crippen LogP contribution is -2.18. The Balaban J connectivity index is 1.87. The van der Waals surface area contributed by atoms with E-state index < -0.39 is 0 Å². The maximum atomic E-state index is 11.2. The molecule has 1 N–H and O–H groups in total. The van der Waals surface area contributed by atoms with E-state index in [2.05, 4.69) is 10.2 Å². The molecule has 17 heavy (non-hydrogen) atoms. The number of hydrogen-bond donors (Lipinski definition) is 1. The first kappa shape index (κ1) is 10.5. The molecular weight excluding hydrogens is 218 g/mol. The lowest BCUT2D eigenvalue weighted by molar-refractivity contribution is 0.0659. The smallest absolute Gasteiger partial charge is 0.183 e. The van der Waals surface area contributed by atoms with Crippen LogP contribution in [-0.2, 0) is 11.2 Å². The highest BCUT2D eigenvalue weighted by atomic mass is 16.5. The van der Waals surface area contributed by atoms with E-state index >= 15 is 0 Å². The van der Waals surface area contributed by atoms with Crippen molar-refractivity contribution >= 4 is 5.65 Å². The molecule has 3 heterocycles. The summed E-state index contributed by atoms with van der Waals surface area (Å²) in [6, 6.07) is 3.14. The Hall–Kier alpha value is -1.62. The van der Waals surface area contributed by atoms with Crippen LogP contribution in [0, 0.1) is 5.92 Å². The molecule has 2 aromatic heterocycles. The van der Waals surface area contributed by atoms with Gasteiger partial charge in [-0.05, 0) is 18.8 Å². The van der Waals surface area contributed by atoms with Crippen molar-refractivity contribution in [1.29, 1.82) is 0 Å². The van der Waals surface area contributed by atoms with Crippen molar-refractivity contribution in [2.75, 3.05) is 13.2 Å². The number of aromatic nitrogens is 3. The van der Waals surface area contributed by atoms with Crippen molar-refractivity contribution < 1.29 is 4.74 Å². The SMILES string of the molecule is O=c1ccn2c(CC3CCOCC3)n[nH]c2c1. The summed E-state index contributed by atoms with van der Waals surface area (Å²) < 4.78 is 7.30. The van der Waals surface area contributed by atoms with Crippen LogP contribution in [0.5, 0.6) is 0 Å². The molecule has 0 atom stereocenters. The van der Waals surface area contributed by atoms with Crippen LogP contribution in [0.15, 0.2) is 23.1 Å². The minimum atomic E-state index is 0.00580. The molecule has 0 unspecified atom stereocenters. The summed E-state index contributed by atoms with van der Waals surface area (Å²) in [5.74, 6) is 1.63. The second kappa shape index (κ2) is 4.33. The van der Waals surface area contributed by atoms with Gasteiger partial charge in [-0.25, -0.2) is 0 Å². The van der Waals surface area contributed by atoms with E-state index in [9.17, 15) is 4.79 Å². The molecule has 0 aliphatic carbocycles. The predicted octanol–water partition coefficient (Wildman–Crippen LogP) is 0.992. The highest BCUT2D eigenvalue weighted by Gasteiger charge is 2.16. The van der Waals surface area contributed by atoms with Crippen LogP contribution in [0.3, 0.4) is 0 Å². The van der Waals surface area contributed by atoms with Crippen LogP contribution in [-0.4, -0.2) is 27.8 Å². The molecule has 0 saturated carbocycles. The van der Waals surface area contributed by atoms with Crippen LogP contribution in [0.1, 0.15) is 18.7 Å². The minimum Gasteiger partial charge on any atom is -0.381 e. The molecule has 1 saturated heterocycles. The average molecular weight is 233 g/mol. The second-order valence-electron chi connectivity index (χ2n) is 4.52. The quantitative estimate of drug-likeness (QED) is 0.841. The highest BCUT2D eigenvalue weighted by molar-refractivity contribution is 5.37. The molecule has 90 valence electrons. The Morgan fingerprint density at radius 1 is 1.47 bits per heavy atom. The lowest BCUT2D eigenvalue weighted by Gasteiger charge is -2.20. The molecule has 0 bridgehead atoms. The third kappa shape index (κ3) is 2.10. The van der Waals surface area contributed by atoms with Gasteiger partial charge in [0.1, 0.15) is 11.5 Å². The zero-order valence-corrected chi connectivity index (χ0v) is 9.56. The molecule has 0 amide bonds. The number of rotatable bonds is 2. The number of nitrogens with zero attached hydrogens (tertiary/aromatic N) is 2. The molecule has 0 aromatic carbocycles. The van der Waals surface area contributed by atoms with Gasteiger partial charge >= 0.3 is 0 Å². The van der Waals surface area contributed by atoms with Crippen LogP contribution in [0.4, 0.5) is 0 Å². The van der Waals surface area contributed by atoms with Crippen LogP contribution >= 0.6 is 0 Å². The molecule has 5 nitrogen and oxygen atoms in total. The van der Waals surface area contributed by atoms with Crippen molar-refractivity contribution in [2.45, 2.75) is 19.3 Å². The summed E-state index contributed by atoms with van der Waals surface area (Å²) in [5.41, 5.74) is 0.769. The molecule has 1 aliphatic heterocycles. The molecule has 1 aliphatic rings. The number of pyridine rings is 1. The standard InChI is InChI=1S/C12H15N3O2/c16-10-1-4-15-11(13-14-12(15)8-10)7-9-2-5-17-6-3-9/h1,4,8-9,14H,2-3,5-7H2. The first-order chi connectivity index (χ1) is 8.33. The second-order valence-corrected chi connectivity index (χ2v) is 4.52. The fourth-order valence-corrected chi connectivity index (χ4v) is 2.32. The number of nitrogens with one attached hydrogen (secondary N) is 1. The Labute approximate surface area is 98.4 Å². The van der Waals surface area contributed by atoms with E-state index in [-0.39, 0.29) is 5.43 Å². The van der Waals surface area contributed by atoms with Gasteiger partial charge in [0.25, 0.3) is 0 Å². The Morgan fingerprint density at radius 2 is 2.29 bits per heavy atom. The Morgan fingerprint density at radius 3 is 3.12 bits per heavy atom. The van der Waals surface area contributed by atoms with Gasteiger partial charge in [-0.15, -0.1) is 0 Å². The van der Waals surface area contributed by atoms with Gasteiger partial charge < -0.3 is 4.74 Å². The van der Waals surface area contributed by atoms with Crippen molar-refractivity contribution in [1.82, 2.24) is 14.6 Å². The topological polar surface area (TPSA) is 59.4 Å². The summed E-state index contributed by atoms with van der Waals surface area (Å²) in [5, 5.41) is 7.19. The predicted molar refractivity (Wildman–Crippen MR) is 63.1 cm³/mol. The normalized spacial score (nSPS) is 17.6. The summed E-state index contributed by atoms with van der Waals surface area (Å²) in [4.78, 5) is 11.2. The molecule has 5 heteroatoms. The van der Waals surface area contributed by atoms with Gasteiger partial charge in [0.15, 0.2) is 5.43 Å². The average Bonchev–Trinajstić information content (AvgIpc) is 2.73. The molecule has 0 radical (unpaired) electrons. The number of fused-ring (bicyclic) bond motifs is 1. The van der Waals surface area contributed by atoms with Gasteiger partial charge in [-0.2, -0.15) is 5.10 Å². The number of hydrogen-bond acceptors (Lipinski definition) is 3. The van der Waals surface area contributed by atoms with Gasteiger partial charge in [0, 0.05) is 38.0 Å². The number of aromatic amines is 1. The van der Waals surface area contributed by atoms with Crippen molar-refractivity contribution in [2.24, 2.45) is 5.92 Å². The third-order valence-electron chi connectivity index (χ3n) is 3.32. The summed E-state index contributed by atoms with van der Waals surface area (Å²) in [6.07, 6.45) is 4.91. The van der Waals surface area contributed by atoms with E-state index in [1.165, 1.54) is 0 Å². The first-order valence-corrected chi connectivity index (χ1v) is 5.96. The van der Waals surface area contributed by atoms with E-state index in [0.29, 0.717) is 5.92 Å². The van der Waals surface area contributed by atoms with Crippen LogP contribution in [0.2, 0.25) is 0 Å². The largest absolute Gasteiger partial charge is 0.381 e. The minimum absolute atomic E-state index is 0.00580. The Kier molecular flexibility index (Phi) is 2.68. The van der Waals surface area contributed by atoms with E-state index in [1.54, 1.807) is 18.3 Å². The van der Waals surface area contributed by atoms with E-state index in [4.69, 9.17) is 4.74 Å². The maximum absolute atomic E-state index is 11.2. The molecule has 3 rings (SSSR count). The van der Waals surface area contributed by atoms with Crippen LogP contribution < -0.4 is 5.43 Å². The van der Waals surface area contributed by atoms with Crippen molar-refractivity contribution in [3.63, 3.8) is 0 Å². The zero-order chi connectivity index (χ0) is 11.7. The third-order valence-corrected chi connectivity index (χ3v) is 3.32. The summed E-state index contributed by atoms with van der Waals surface area (Å²) in [6.45, 7) is 1.70. The van der Waals surface area contributed by atoms with E-state index in [1.807, 2.05) is 4.40 Å². The first-order valence-electron chi connectivity index (χ1n) is 5.96. The van der Waals surface area contributed by atoms with E-state index in [0.717, 1.165) is 43.9 Å². The fourth-order valence-electron chi connectivity index (χ4n) is 2.32. The summed E-state index contributed by atoms with van der Waals surface area (Å²) >= 11 is 0. The molecule has 2 aromatic rings. The van der Waals surface area contributed by atoms with Crippen molar-refractivity contribution in [3.05, 3.63) is 34.4 Å². The maximum Gasteiger partial charge on any atom is 0.183 e. The monoisotopic (exact) mass is 233 g/mol.